The molecule has 94 valence electrons. The van der Waals surface area contributed by atoms with Crippen LogP contribution in [0.3, 0.4) is 0 Å². The summed E-state index contributed by atoms with van der Waals surface area (Å²) < 4.78 is 5.14. The smallest absolute Gasteiger partial charge is 0.195 e. The quantitative estimate of drug-likeness (QED) is 0.755. The molecule has 0 spiro atoms. The number of hydrogen-bond donors (Lipinski definition) is 1. The van der Waals surface area contributed by atoms with Crippen molar-refractivity contribution in [3.8, 4) is 5.75 Å². The maximum atomic E-state index is 11.5. The van der Waals surface area contributed by atoms with Gasteiger partial charge in [-0.3, -0.25) is 4.79 Å². The van der Waals surface area contributed by atoms with Gasteiger partial charge >= 0.3 is 0 Å². The Hall–Kier alpha value is -1.77. The largest absolute Gasteiger partial charge is 0.508 e. The summed E-state index contributed by atoms with van der Waals surface area (Å²) in [7, 11) is 0. The lowest BCUT2D eigenvalue weighted by atomic mass is 10.2. The van der Waals surface area contributed by atoms with Crippen molar-refractivity contribution in [3.05, 3.63) is 40.2 Å². The van der Waals surface area contributed by atoms with Crippen molar-refractivity contribution in [2.24, 2.45) is 0 Å². The molecule has 1 heterocycles. The molecule has 0 unspecified atom stereocenters. The van der Waals surface area contributed by atoms with Crippen LogP contribution in [0.4, 0.5) is 0 Å². The van der Waals surface area contributed by atoms with E-state index >= 15 is 0 Å². The molecule has 1 aromatic carbocycles. The molecule has 0 atom stereocenters. The molecule has 0 aliphatic rings. The first-order valence-electron chi connectivity index (χ1n) is 5.89. The standard InChI is InChI=1S/C10H8O3.2C2H6/c1-6-5-13-9-4-7(11)2-3-8(9)10(6)12;2*1-2/h2-5,11H,1H3;2*1-2H3. The highest BCUT2D eigenvalue weighted by atomic mass is 16.3. The number of phenolic OH excluding ortho intramolecular Hbond substituents is 1. The molecule has 0 aliphatic carbocycles. The third kappa shape index (κ3) is 3.63. The maximum Gasteiger partial charge on any atom is 0.195 e. The van der Waals surface area contributed by atoms with Gasteiger partial charge in [0.2, 0.25) is 0 Å². The number of aromatic hydroxyl groups is 1. The van der Waals surface area contributed by atoms with Gasteiger partial charge in [-0.2, -0.15) is 0 Å². The van der Waals surface area contributed by atoms with E-state index in [1.165, 1.54) is 18.4 Å². The van der Waals surface area contributed by atoms with E-state index in [0.717, 1.165) is 0 Å². The molecule has 1 aromatic heterocycles. The molecule has 3 nitrogen and oxygen atoms in total. The highest BCUT2D eigenvalue weighted by molar-refractivity contribution is 5.78. The molecular weight excluding hydrogens is 216 g/mol. The van der Waals surface area contributed by atoms with E-state index in [0.29, 0.717) is 16.5 Å². The van der Waals surface area contributed by atoms with E-state index in [9.17, 15) is 4.79 Å². The topological polar surface area (TPSA) is 50.4 Å². The van der Waals surface area contributed by atoms with Crippen LogP contribution in [0.25, 0.3) is 11.0 Å². The van der Waals surface area contributed by atoms with Crippen LogP contribution in [0, 0.1) is 6.92 Å². The molecule has 0 fully saturated rings. The second kappa shape index (κ2) is 7.49. The molecule has 1 N–H and O–H groups in total. The molecule has 0 saturated heterocycles. The minimum absolute atomic E-state index is 0.0544. The van der Waals surface area contributed by atoms with Crippen LogP contribution in [0.1, 0.15) is 33.3 Å². The number of hydrogen-bond acceptors (Lipinski definition) is 3. The van der Waals surface area contributed by atoms with E-state index in [1.807, 2.05) is 27.7 Å². The van der Waals surface area contributed by atoms with Gasteiger partial charge in [0.25, 0.3) is 0 Å². The first-order valence-corrected chi connectivity index (χ1v) is 5.89. The zero-order valence-electron chi connectivity index (χ0n) is 11.1. The summed E-state index contributed by atoms with van der Waals surface area (Å²) >= 11 is 0. The Balaban J connectivity index is 0.000000581. The number of rotatable bonds is 0. The van der Waals surface area contributed by atoms with Gasteiger partial charge in [0.05, 0.1) is 11.6 Å². The second-order valence-corrected chi connectivity index (χ2v) is 2.93. The summed E-state index contributed by atoms with van der Waals surface area (Å²) in [5.41, 5.74) is 0.926. The van der Waals surface area contributed by atoms with Gasteiger partial charge < -0.3 is 9.52 Å². The molecule has 2 aromatic rings. The summed E-state index contributed by atoms with van der Waals surface area (Å²) in [6.45, 7) is 9.69. The van der Waals surface area contributed by atoms with Gasteiger partial charge in [-0.15, -0.1) is 0 Å². The fraction of sp³-hybridized carbons (Fsp3) is 0.357. The minimum Gasteiger partial charge on any atom is -0.508 e. The molecule has 0 bridgehead atoms. The van der Waals surface area contributed by atoms with E-state index in [-0.39, 0.29) is 11.2 Å². The van der Waals surface area contributed by atoms with Gasteiger partial charge in [0.15, 0.2) is 5.43 Å². The fourth-order valence-electron chi connectivity index (χ4n) is 1.21. The Morgan fingerprint density at radius 1 is 1.12 bits per heavy atom. The average molecular weight is 236 g/mol. The number of benzene rings is 1. The van der Waals surface area contributed by atoms with Crippen LogP contribution in [0.15, 0.2) is 33.7 Å². The molecular formula is C14H20O3. The predicted molar refractivity (Wildman–Crippen MR) is 71.6 cm³/mol. The molecule has 0 aliphatic heterocycles. The van der Waals surface area contributed by atoms with Crippen LogP contribution in [0.2, 0.25) is 0 Å². The Kier molecular flexibility index (Phi) is 6.71. The first kappa shape index (κ1) is 15.2. The highest BCUT2D eigenvalue weighted by Crippen LogP contribution is 2.17. The van der Waals surface area contributed by atoms with Crippen molar-refractivity contribution < 1.29 is 9.52 Å². The van der Waals surface area contributed by atoms with Crippen LogP contribution in [-0.2, 0) is 0 Å². The van der Waals surface area contributed by atoms with E-state index in [4.69, 9.17) is 9.52 Å². The monoisotopic (exact) mass is 236 g/mol. The zero-order valence-corrected chi connectivity index (χ0v) is 11.1. The Bertz CT molecular complexity index is 512. The normalized spacial score (nSPS) is 8.76. The summed E-state index contributed by atoms with van der Waals surface area (Å²) in [5.74, 6) is 0.0968. The Morgan fingerprint density at radius 3 is 2.29 bits per heavy atom. The average Bonchev–Trinajstić information content (AvgIpc) is 2.39. The van der Waals surface area contributed by atoms with Gasteiger partial charge in [-0.25, -0.2) is 0 Å². The lowest BCUT2D eigenvalue weighted by Gasteiger charge is -1.97. The highest BCUT2D eigenvalue weighted by Gasteiger charge is 2.03. The second-order valence-electron chi connectivity index (χ2n) is 2.93. The molecule has 0 saturated carbocycles. The SMILES string of the molecule is CC.CC.Cc1coc2cc(O)ccc2c1=O. The molecule has 17 heavy (non-hydrogen) atoms. The summed E-state index contributed by atoms with van der Waals surface area (Å²) in [6.07, 6.45) is 1.39. The number of fused-ring (bicyclic) bond motifs is 1. The van der Waals surface area contributed by atoms with Crippen LogP contribution >= 0.6 is 0 Å². The van der Waals surface area contributed by atoms with Crippen molar-refractivity contribution in [1.82, 2.24) is 0 Å². The third-order valence-electron chi connectivity index (χ3n) is 1.93. The van der Waals surface area contributed by atoms with Crippen LogP contribution in [-0.4, -0.2) is 5.11 Å². The lowest BCUT2D eigenvalue weighted by molar-refractivity contribution is 0.474. The van der Waals surface area contributed by atoms with Crippen molar-refractivity contribution in [2.75, 3.05) is 0 Å². The zero-order chi connectivity index (χ0) is 13.4. The van der Waals surface area contributed by atoms with E-state index in [1.54, 1.807) is 13.0 Å². The first-order chi connectivity index (χ1) is 8.18. The summed E-state index contributed by atoms with van der Waals surface area (Å²) in [6, 6.07) is 4.46. The van der Waals surface area contributed by atoms with Crippen LogP contribution in [0.5, 0.6) is 5.75 Å². The summed E-state index contributed by atoms with van der Waals surface area (Å²) in [5, 5.41) is 9.63. The number of aryl methyl sites for hydroxylation is 1. The Labute approximate surface area is 102 Å². The fourth-order valence-corrected chi connectivity index (χ4v) is 1.21. The van der Waals surface area contributed by atoms with Gasteiger partial charge in [0.1, 0.15) is 11.3 Å². The predicted octanol–water partition coefficient (Wildman–Crippen LogP) is 3.86. The number of phenols is 1. The third-order valence-corrected chi connectivity index (χ3v) is 1.93. The maximum absolute atomic E-state index is 11.5. The van der Waals surface area contributed by atoms with Crippen molar-refractivity contribution in [1.29, 1.82) is 0 Å². The molecule has 3 heteroatoms. The molecule has 0 amide bonds. The summed E-state index contributed by atoms with van der Waals surface area (Å²) in [4.78, 5) is 11.5. The lowest BCUT2D eigenvalue weighted by Crippen LogP contribution is -2.03. The van der Waals surface area contributed by atoms with Crippen molar-refractivity contribution >= 4 is 11.0 Å². The van der Waals surface area contributed by atoms with E-state index in [2.05, 4.69) is 0 Å². The van der Waals surface area contributed by atoms with E-state index < -0.39 is 0 Å². The molecule has 2 rings (SSSR count). The Morgan fingerprint density at radius 2 is 1.71 bits per heavy atom. The van der Waals surface area contributed by atoms with Gasteiger partial charge in [-0.1, -0.05) is 27.7 Å². The minimum atomic E-state index is -0.0544. The molecule has 0 radical (unpaired) electrons. The van der Waals surface area contributed by atoms with Crippen LogP contribution < -0.4 is 5.43 Å². The van der Waals surface area contributed by atoms with Gasteiger partial charge in [-0.05, 0) is 19.1 Å². The van der Waals surface area contributed by atoms with Gasteiger partial charge in [0, 0.05) is 11.6 Å². The van der Waals surface area contributed by atoms with Crippen molar-refractivity contribution in [2.45, 2.75) is 34.6 Å². The van der Waals surface area contributed by atoms with Crippen molar-refractivity contribution in [3.63, 3.8) is 0 Å².